The van der Waals surface area contributed by atoms with E-state index in [1.165, 1.54) is 18.4 Å². The Morgan fingerprint density at radius 1 is 1.23 bits per heavy atom. The Bertz CT molecular complexity index is 527. The van der Waals surface area contributed by atoms with Crippen LogP contribution in [0.3, 0.4) is 0 Å². The van der Waals surface area contributed by atoms with Crippen LogP contribution >= 0.6 is 11.6 Å². The third-order valence-electron chi connectivity index (χ3n) is 4.79. The number of hydrogen-bond donors (Lipinski definition) is 2. The van der Waals surface area contributed by atoms with Crippen LogP contribution in [-0.2, 0) is 11.2 Å². The van der Waals surface area contributed by atoms with Gasteiger partial charge in [-0.15, -0.1) is 0 Å². The summed E-state index contributed by atoms with van der Waals surface area (Å²) in [5.41, 5.74) is 1.28. The summed E-state index contributed by atoms with van der Waals surface area (Å²) < 4.78 is 5.17. The highest BCUT2D eigenvalue weighted by Crippen LogP contribution is 2.17. The summed E-state index contributed by atoms with van der Waals surface area (Å²) in [5, 5.41) is 7.57. The number of nitrogens with one attached hydrogen (secondary N) is 2. The molecule has 0 spiro atoms. The van der Waals surface area contributed by atoms with E-state index in [1.54, 1.807) is 7.11 Å². The Balaban J connectivity index is 1.71. The van der Waals surface area contributed by atoms with Crippen molar-refractivity contribution in [3.05, 3.63) is 34.9 Å². The number of piperidine rings is 1. The fourth-order valence-electron chi connectivity index (χ4n) is 3.15. The molecule has 1 aliphatic heterocycles. The molecule has 2 N–H and O–H groups in total. The second kappa shape index (κ2) is 12.2. The highest BCUT2D eigenvalue weighted by Gasteiger charge is 2.18. The van der Waals surface area contributed by atoms with Gasteiger partial charge in [-0.3, -0.25) is 4.99 Å². The number of ether oxygens (including phenoxy) is 1. The molecule has 1 aromatic carbocycles. The first-order valence-electron chi connectivity index (χ1n) is 9.69. The standard InChI is InChI=1S/C20H33ClN4O/c1-3-22-20(23-11-8-17-4-6-19(21)7-5-17)24-16-18-9-12-25(13-10-18)14-15-26-2/h4-7,18H,3,8-16H2,1-2H3,(H2,22,23,24). The zero-order valence-electron chi connectivity index (χ0n) is 16.1. The number of nitrogens with zero attached hydrogens (tertiary/aromatic N) is 2. The number of guanidine groups is 1. The predicted molar refractivity (Wildman–Crippen MR) is 110 cm³/mol. The summed E-state index contributed by atoms with van der Waals surface area (Å²) in [5.74, 6) is 1.60. The monoisotopic (exact) mass is 380 g/mol. The van der Waals surface area contributed by atoms with Crippen LogP contribution in [0.25, 0.3) is 0 Å². The van der Waals surface area contributed by atoms with Gasteiger partial charge in [0.2, 0.25) is 0 Å². The second-order valence-electron chi connectivity index (χ2n) is 6.80. The molecule has 0 aliphatic carbocycles. The van der Waals surface area contributed by atoms with Crippen molar-refractivity contribution < 1.29 is 4.74 Å². The summed E-state index contributed by atoms with van der Waals surface area (Å²) in [6.07, 6.45) is 3.40. The average molecular weight is 381 g/mol. The highest BCUT2D eigenvalue weighted by atomic mass is 35.5. The van der Waals surface area contributed by atoms with Gasteiger partial charge in [-0.05, 0) is 62.9 Å². The number of methoxy groups -OCH3 is 1. The van der Waals surface area contributed by atoms with E-state index in [4.69, 9.17) is 21.3 Å². The van der Waals surface area contributed by atoms with Crippen LogP contribution in [-0.4, -0.2) is 63.8 Å². The average Bonchev–Trinajstić information content (AvgIpc) is 2.67. The number of hydrogen-bond acceptors (Lipinski definition) is 3. The number of aliphatic imine (C=N–C) groups is 1. The molecule has 0 aromatic heterocycles. The molecule has 0 radical (unpaired) electrons. The number of halogens is 1. The maximum atomic E-state index is 5.93. The van der Waals surface area contributed by atoms with Crippen molar-refractivity contribution in [2.45, 2.75) is 26.2 Å². The molecule has 1 heterocycles. The summed E-state index contributed by atoms with van der Waals surface area (Å²) in [6.45, 7) is 8.92. The zero-order valence-corrected chi connectivity index (χ0v) is 16.9. The Morgan fingerprint density at radius 3 is 2.62 bits per heavy atom. The third kappa shape index (κ3) is 7.94. The molecule has 1 fully saturated rings. The summed E-state index contributed by atoms with van der Waals surface area (Å²) in [6, 6.07) is 8.03. The first-order valence-corrected chi connectivity index (χ1v) is 10.1. The molecule has 5 nitrogen and oxygen atoms in total. The molecule has 1 aliphatic rings. The third-order valence-corrected chi connectivity index (χ3v) is 5.04. The van der Waals surface area contributed by atoms with Crippen LogP contribution in [0.2, 0.25) is 5.02 Å². The minimum atomic E-state index is 0.681. The predicted octanol–water partition coefficient (Wildman–Crippen LogP) is 2.80. The molecule has 0 bridgehead atoms. The van der Waals surface area contributed by atoms with E-state index in [-0.39, 0.29) is 0 Å². The van der Waals surface area contributed by atoms with Gasteiger partial charge in [0.1, 0.15) is 0 Å². The van der Waals surface area contributed by atoms with Crippen molar-refractivity contribution in [1.29, 1.82) is 0 Å². The molecule has 6 heteroatoms. The number of likely N-dealkylation sites (tertiary alicyclic amines) is 1. The molecule has 26 heavy (non-hydrogen) atoms. The lowest BCUT2D eigenvalue weighted by atomic mass is 9.97. The SMILES string of the molecule is CCNC(=NCC1CCN(CCOC)CC1)NCCc1ccc(Cl)cc1. The Kier molecular flexibility index (Phi) is 9.82. The van der Waals surface area contributed by atoms with E-state index >= 15 is 0 Å². The van der Waals surface area contributed by atoms with E-state index in [0.29, 0.717) is 5.92 Å². The number of benzene rings is 1. The quantitative estimate of drug-likeness (QED) is 0.511. The van der Waals surface area contributed by atoms with Gasteiger partial charge in [-0.1, -0.05) is 23.7 Å². The second-order valence-corrected chi connectivity index (χ2v) is 7.24. The molecular weight excluding hydrogens is 348 g/mol. The molecule has 0 unspecified atom stereocenters. The van der Waals surface area contributed by atoms with Crippen molar-refractivity contribution in [3.8, 4) is 0 Å². The van der Waals surface area contributed by atoms with Crippen molar-refractivity contribution in [3.63, 3.8) is 0 Å². The summed E-state index contributed by atoms with van der Waals surface area (Å²) >= 11 is 5.93. The van der Waals surface area contributed by atoms with Crippen molar-refractivity contribution in [2.75, 3.05) is 53.0 Å². The fraction of sp³-hybridized carbons (Fsp3) is 0.650. The molecular formula is C20H33ClN4O. The Morgan fingerprint density at radius 2 is 1.96 bits per heavy atom. The molecule has 2 rings (SSSR count). The Hall–Kier alpha value is -1.30. The maximum Gasteiger partial charge on any atom is 0.191 e. The lowest BCUT2D eigenvalue weighted by Crippen LogP contribution is -2.40. The lowest BCUT2D eigenvalue weighted by molar-refractivity contribution is 0.121. The lowest BCUT2D eigenvalue weighted by Gasteiger charge is -2.31. The molecule has 0 atom stereocenters. The van der Waals surface area contributed by atoms with Gasteiger partial charge in [0, 0.05) is 38.3 Å². The van der Waals surface area contributed by atoms with E-state index in [9.17, 15) is 0 Å². The van der Waals surface area contributed by atoms with E-state index in [2.05, 4.69) is 34.6 Å². The van der Waals surface area contributed by atoms with Crippen LogP contribution in [0.15, 0.2) is 29.3 Å². The van der Waals surface area contributed by atoms with Crippen LogP contribution in [0.5, 0.6) is 0 Å². The van der Waals surface area contributed by atoms with Crippen LogP contribution in [0, 0.1) is 5.92 Å². The largest absolute Gasteiger partial charge is 0.383 e. The van der Waals surface area contributed by atoms with Gasteiger partial charge in [0.05, 0.1) is 6.61 Å². The van der Waals surface area contributed by atoms with Crippen LogP contribution in [0.4, 0.5) is 0 Å². The normalized spacial score (nSPS) is 16.7. The van der Waals surface area contributed by atoms with E-state index < -0.39 is 0 Å². The van der Waals surface area contributed by atoms with Gasteiger partial charge in [-0.25, -0.2) is 0 Å². The fourth-order valence-corrected chi connectivity index (χ4v) is 3.28. The van der Waals surface area contributed by atoms with Gasteiger partial charge >= 0.3 is 0 Å². The topological polar surface area (TPSA) is 48.9 Å². The summed E-state index contributed by atoms with van der Waals surface area (Å²) in [7, 11) is 1.77. The van der Waals surface area contributed by atoms with Crippen molar-refractivity contribution in [1.82, 2.24) is 15.5 Å². The molecule has 0 saturated carbocycles. The number of rotatable bonds is 9. The van der Waals surface area contributed by atoms with Gasteiger partial charge in [0.25, 0.3) is 0 Å². The molecule has 146 valence electrons. The zero-order chi connectivity index (χ0) is 18.6. The van der Waals surface area contributed by atoms with Gasteiger partial charge in [0.15, 0.2) is 5.96 Å². The summed E-state index contributed by atoms with van der Waals surface area (Å²) in [4.78, 5) is 7.29. The van der Waals surface area contributed by atoms with Gasteiger partial charge < -0.3 is 20.3 Å². The highest BCUT2D eigenvalue weighted by molar-refractivity contribution is 6.30. The van der Waals surface area contributed by atoms with Crippen LogP contribution < -0.4 is 10.6 Å². The van der Waals surface area contributed by atoms with Crippen molar-refractivity contribution in [2.24, 2.45) is 10.9 Å². The maximum absolute atomic E-state index is 5.93. The molecule has 0 amide bonds. The van der Waals surface area contributed by atoms with Crippen LogP contribution in [0.1, 0.15) is 25.3 Å². The Labute approximate surface area is 163 Å². The van der Waals surface area contributed by atoms with Crippen molar-refractivity contribution >= 4 is 17.6 Å². The van der Waals surface area contributed by atoms with Gasteiger partial charge in [-0.2, -0.15) is 0 Å². The molecule has 1 aromatic rings. The first kappa shape index (κ1) is 21.0. The van der Waals surface area contributed by atoms with E-state index in [0.717, 1.165) is 63.3 Å². The smallest absolute Gasteiger partial charge is 0.191 e. The first-order chi connectivity index (χ1) is 12.7. The van der Waals surface area contributed by atoms with E-state index in [1.807, 2.05) is 12.1 Å². The minimum Gasteiger partial charge on any atom is -0.383 e. The minimum absolute atomic E-state index is 0.681. The molecule has 1 saturated heterocycles.